The molecule has 2 unspecified atom stereocenters. The summed E-state index contributed by atoms with van der Waals surface area (Å²) in [6.07, 6.45) is 2.17. The fourth-order valence-electron chi connectivity index (χ4n) is 5.44. The number of carbonyl (C=O) groups excluding carboxylic acids is 1. The molecule has 0 saturated heterocycles. The second-order valence-electron chi connectivity index (χ2n) is 8.83. The Labute approximate surface area is 161 Å². The van der Waals surface area contributed by atoms with E-state index in [0.29, 0.717) is 18.8 Å². The fourth-order valence-corrected chi connectivity index (χ4v) is 7.51. The molecule has 0 spiro atoms. The molecule has 2 fully saturated rings. The molecule has 2 aromatic rings. The van der Waals surface area contributed by atoms with Crippen LogP contribution in [0.2, 0.25) is 0 Å². The Morgan fingerprint density at radius 2 is 1.85 bits per heavy atom. The van der Waals surface area contributed by atoms with E-state index >= 15 is 0 Å². The van der Waals surface area contributed by atoms with E-state index in [1.54, 1.807) is 0 Å². The highest BCUT2D eigenvalue weighted by Crippen LogP contribution is 2.64. The quantitative estimate of drug-likeness (QED) is 0.838. The number of nitrogens with one attached hydrogen (secondary N) is 1. The van der Waals surface area contributed by atoms with Crippen molar-refractivity contribution < 1.29 is 13.2 Å². The van der Waals surface area contributed by atoms with Gasteiger partial charge in [-0.3, -0.25) is 4.79 Å². The normalized spacial score (nSPS) is 28.0. The number of fused-ring (bicyclic) bond motifs is 3. The van der Waals surface area contributed by atoms with Crippen LogP contribution in [0.4, 0.5) is 0 Å². The van der Waals surface area contributed by atoms with Gasteiger partial charge in [0.15, 0.2) is 0 Å². The summed E-state index contributed by atoms with van der Waals surface area (Å²) in [5, 5.41) is 2.14. The van der Waals surface area contributed by atoms with Gasteiger partial charge in [0.05, 0.1) is 5.75 Å². The molecular weight excluding hydrogens is 358 g/mol. The van der Waals surface area contributed by atoms with Crippen LogP contribution in [-0.2, 0) is 14.8 Å². The number of carbonyl (C=O) groups is 1. The highest BCUT2D eigenvalue weighted by molar-refractivity contribution is 7.89. The number of rotatable bonds is 5. The first-order chi connectivity index (χ1) is 12.7. The molecule has 0 aliphatic heterocycles. The molecule has 2 aliphatic carbocycles. The van der Waals surface area contributed by atoms with Crippen molar-refractivity contribution in [2.75, 3.05) is 5.75 Å². The minimum atomic E-state index is -3.60. The van der Waals surface area contributed by atoms with Crippen LogP contribution in [0.15, 0.2) is 42.5 Å². The van der Waals surface area contributed by atoms with E-state index < -0.39 is 15.4 Å². The van der Waals surface area contributed by atoms with Crippen molar-refractivity contribution in [3.63, 3.8) is 0 Å². The van der Waals surface area contributed by atoms with E-state index in [1.165, 1.54) is 0 Å². The van der Waals surface area contributed by atoms with Gasteiger partial charge in [0.25, 0.3) is 0 Å². The molecular formula is C22H27NO3S. The monoisotopic (exact) mass is 385 g/mol. The first kappa shape index (κ1) is 18.6. The lowest BCUT2D eigenvalue weighted by molar-refractivity contribution is -0.128. The smallest absolute Gasteiger partial charge is 0.213 e. The van der Waals surface area contributed by atoms with E-state index in [4.69, 9.17) is 0 Å². The lowest BCUT2D eigenvalue weighted by Crippen LogP contribution is -2.45. The van der Waals surface area contributed by atoms with Gasteiger partial charge < -0.3 is 0 Å². The van der Waals surface area contributed by atoms with E-state index in [2.05, 4.69) is 18.6 Å². The minimum Gasteiger partial charge on any atom is -0.299 e. The molecule has 2 bridgehead atoms. The standard InChI is InChI=1S/C22H27NO3S/c1-15(18-10-6-8-16-7-4-5-9-19(16)18)23-27(25,26)14-22-12-11-17(13-20(22)24)21(22,2)3/h4-10,15,17,23H,11-14H2,1-3H3/t15-,17?,22?/m0/s1. The summed E-state index contributed by atoms with van der Waals surface area (Å²) >= 11 is 0. The Bertz CT molecular complexity index is 1010. The molecule has 2 aromatic carbocycles. The molecule has 4 nitrogen and oxygen atoms in total. The molecule has 144 valence electrons. The van der Waals surface area contributed by atoms with E-state index in [1.807, 2.05) is 49.4 Å². The third-order valence-electron chi connectivity index (χ3n) is 7.22. The zero-order chi connectivity index (χ0) is 19.4. The number of ketones is 1. The first-order valence-corrected chi connectivity index (χ1v) is 11.3. The maximum absolute atomic E-state index is 13.1. The van der Waals surface area contributed by atoms with Gasteiger partial charge >= 0.3 is 0 Å². The number of Topliss-reactive ketones (excluding diaryl/α,β-unsaturated/α-hetero) is 1. The van der Waals surface area contributed by atoms with Crippen LogP contribution in [0.5, 0.6) is 0 Å². The van der Waals surface area contributed by atoms with Gasteiger partial charge in [-0.15, -0.1) is 0 Å². The van der Waals surface area contributed by atoms with Crippen LogP contribution < -0.4 is 4.72 Å². The molecule has 2 aliphatic rings. The molecule has 1 N–H and O–H groups in total. The summed E-state index contributed by atoms with van der Waals surface area (Å²) in [4.78, 5) is 12.7. The highest BCUT2D eigenvalue weighted by Gasteiger charge is 2.65. The Morgan fingerprint density at radius 3 is 2.52 bits per heavy atom. The Kier molecular flexibility index (Phi) is 4.24. The lowest BCUT2D eigenvalue weighted by Gasteiger charge is -2.36. The number of hydrogen-bond acceptors (Lipinski definition) is 3. The Morgan fingerprint density at radius 1 is 1.15 bits per heavy atom. The van der Waals surface area contributed by atoms with Gasteiger partial charge in [0.2, 0.25) is 10.0 Å². The van der Waals surface area contributed by atoms with Crippen molar-refractivity contribution in [1.29, 1.82) is 0 Å². The first-order valence-electron chi connectivity index (χ1n) is 9.67. The van der Waals surface area contributed by atoms with Crippen LogP contribution in [0, 0.1) is 16.7 Å². The predicted molar refractivity (Wildman–Crippen MR) is 108 cm³/mol. The summed E-state index contributed by atoms with van der Waals surface area (Å²) in [6, 6.07) is 13.6. The molecule has 0 radical (unpaired) electrons. The van der Waals surface area contributed by atoms with Crippen LogP contribution >= 0.6 is 0 Å². The average Bonchev–Trinajstić information content (AvgIpc) is 2.94. The van der Waals surface area contributed by atoms with Crippen molar-refractivity contribution in [2.24, 2.45) is 16.7 Å². The van der Waals surface area contributed by atoms with Crippen LogP contribution in [-0.4, -0.2) is 20.0 Å². The predicted octanol–water partition coefficient (Wildman–Crippen LogP) is 4.22. The van der Waals surface area contributed by atoms with Gasteiger partial charge in [-0.05, 0) is 47.4 Å². The number of sulfonamides is 1. The molecule has 5 heteroatoms. The zero-order valence-corrected chi connectivity index (χ0v) is 17.0. The Hall–Kier alpha value is -1.72. The topological polar surface area (TPSA) is 63.2 Å². The fraction of sp³-hybridized carbons (Fsp3) is 0.500. The summed E-state index contributed by atoms with van der Waals surface area (Å²) in [5.41, 5.74) is -0.0285. The van der Waals surface area contributed by atoms with Gasteiger partial charge in [-0.1, -0.05) is 56.3 Å². The van der Waals surface area contributed by atoms with Gasteiger partial charge in [0, 0.05) is 17.9 Å². The largest absolute Gasteiger partial charge is 0.299 e. The van der Waals surface area contributed by atoms with Gasteiger partial charge in [-0.2, -0.15) is 0 Å². The van der Waals surface area contributed by atoms with Gasteiger partial charge in [-0.25, -0.2) is 13.1 Å². The van der Waals surface area contributed by atoms with E-state index in [0.717, 1.165) is 22.8 Å². The van der Waals surface area contributed by atoms with Crippen molar-refractivity contribution in [1.82, 2.24) is 4.72 Å². The summed E-state index contributed by atoms with van der Waals surface area (Å²) in [7, 11) is -3.60. The summed E-state index contributed by atoms with van der Waals surface area (Å²) in [6.45, 7) is 6.01. The molecule has 27 heavy (non-hydrogen) atoms. The zero-order valence-electron chi connectivity index (χ0n) is 16.2. The van der Waals surface area contributed by atoms with Crippen molar-refractivity contribution in [2.45, 2.75) is 46.1 Å². The minimum absolute atomic E-state index is 0.0998. The molecule has 0 aromatic heterocycles. The van der Waals surface area contributed by atoms with Crippen LogP contribution in [0.1, 0.15) is 51.6 Å². The van der Waals surface area contributed by atoms with Gasteiger partial charge in [0.1, 0.15) is 5.78 Å². The highest BCUT2D eigenvalue weighted by atomic mass is 32.2. The molecule has 0 amide bonds. The third kappa shape index (κ3) is 2.83. The average molecular weight is 386 g/mol. The SMILES string of the molecule is C[C@H](NS(=O)(=O)CC12CCC(CC1=O)C2(C)C)c1cccc2ccccc12. The Balaban J connectivity index is 1.61. The second-order valence-corrected chi connectivity index (χ2v) is 10.6. The van der Waals surface area contributed by atoms with E-state index in [-0.39, 0.29) is 23.0 Å². The van der Waals surface area contributed by atoms with E-state index in [9.17, 15) is 13.2 Å². The number of hydrogen-bond donors (Lipinski definition) is 1. The summed E-state index contributed by atoms with van der Waals surface area (Å²) < 4.78 is 29.0. The maximum atomic E-state index is 13.1. The van der Waals surface area contributed by atoms with Crippen LogP contribution in [0.25, 0.3) is 10.8 Å². The van der Waals surface area contributed by atoms with Crippen molar-refractivity contribution in [3.8, 4) is 0 Å². The molecule has 2 saturated carbocycles. The third-order valence-corrected chi connectivity index (χ3v) is 8.81. The summed E-state index contributed by atoms with van der Waals surface area (Å²) in [5.74, 6) is 0.347. The molecule has 0 heterocycles. The maximum Gasteiger partial charge on any atom is 0.213 e. The van der Waals surface area contributed by atoms with Crippen LogP contribution in [0.3, 0.4) is 0 Å². The second kappa shape index (κ2) is 6.14. The lowest BCUT2D eigenvalue weighted by atomic mass is 9.70. The number of benzene rings is 2. The van der Waals surface area contributed by atoms with Crippen molar-refractivity contribution in [3.05, 3.63) is 48.0 Å². The van der Waals surface area contributed by atoms with Crippen molar-refractivity contribution >= 4 is 26.6 Å². The molecule has 3 atom stereocenters. The molecule has 4 rings (SSSR count).